The van der Waals surface area contributed by atoms with E-state index in [-0.39, 0.29) is 12.0 Å². The van der Waals surface area contributed by atoms with E-state index in [2.05, 4.69) is 22.1 Å². The summed E-state index contributed by atoms with van der Waals surface area (Å²) in [6, 6.07) is 9.53. The normalized spacial score (nSPS) is 16.5. The van der Waals surface area contributed by atoms with Gasteiger partial charge in [-0.05, 0) is 55.7 Å². The number of nitrogens with one attached hydrogen (secondary N) is 1. The lowest BCUT2D eigenvalue weighted by Gasteiger charge is -2.32. The third-order valence-corrected chi connectivity index (χ3v) is 5.04. The highest BCUT2D eigenvalue weighted by Crippen LogP contribution is 2.22. The van der Waals surface area contributed by atoms with Crippen molar-refractivity contribution >= 4 is 23.3 Å². The van der Waals surface area contributed by atoms with Crippen LogP contribution in [0, 0.1) is 6.92 Å². The smallest absolute Gasteiger partial charge is 0.220 e. The molecule has 0 spiro atoms. The monoisotopic (exact) mass is 417 g/mol. The predicted octanol–water partition coefficient (Wildman–Crippen LogP) is 3.74. The van der Waals surface area contributed by atoms with E-state index >= 15 is 0 Å². The molecule has 0 bridgehead atoms. The van der Waals surface area contributed by atoms with E-state index in [1.54, 1.807) is 6.07 Å². The van der Waals surface area contributed by atoms with Crippen molar-refractivity contribution in [1.82, 2.24) is 10.3 Å². The number of rotatable bonds is 8. The molecule has 7 heteroatoms. The first-order chi connectivity index (χ1) is 14.0. The number of ether oxygens (including phenoxy) is 2. The van der Waals surface area contributed by atoms with E-state index in [9.17, 15) is 4.79 Å². The fourth-order valence-electron chi connectivity index (χ4n) is 3.21. The Morgan fingerprint density at radius 1 is 1.38 bits per heavy atom. The van der Waals surface area contributed by atoms with Crippen LogP contribution in [-0.4, -0.2) is 43.3 Å². The number of hydrogen-bond acceptors (Lipinski definition) is 5. The molecule has 1 N–H and O–H groups in total. The van der Waals surface area contributed by atoms with Gasteiger partial charge in [0, 0.05) is 37.3 Å². The van der Waals surface area contributed by atoms with E-state index < -0.39 is 0 Å². The Balaban J connectivity index is 1.35. The number of anilines is 1. The van der Waals surface area contributed by atoms with E-state index in [1.807, 2.05) is 37.4 Å². The molecule has 3 rings (SSSR count). The highest BCUT2D eigenvalue weighted by molar-refractivity contribution is 6.30. The van der Waals surface area contributed by atoms with Gasteiger partial charge in [0.05, 0.1) is 19.3 Å². The number of pyridine rings is 1. The van der Waals surface area contributed by atoms with E-state index in [1.165, 1.54) is 0 Å². The second-order valence-electron chi connectivity index (χ2n) is 7.29. The molecule has 0 unspecified atom stereocenters. The molecule has 1 fully saturated rings. The Morgan fingerprint density at radius 3 is 2.97 bits per heavy atom. The summed E-state index contributed by atoms with van der Waals surface area (Å²) in [5, 5.41) is 3.63. The van der Waals surface area contributed by atoms with Gasteiger partial charge in [-0.1, -0.05) is 17.7 Å². The second-order valence-corrected chi connectivity index (χ2v) is 7.73. The number of aryl methyl sites for hydroxylation is 1. The number of aromatic nitrogens is 1. The van der Waals surface area contributed by atoms with Crippen LogP contribution in [0.1, 0.15) is 30.9 Å². The molecule has 1 aromatic heterocycles. The lowest BCUT2D eigenvalue weighted by Crippen LogP contribution is -2.41. The maximum atomic E-state index is 12.1. The molecule has 6 nitrogen and oxygen atoms in total. The summed E-state index contributed by atoms with van der Waals surface area (Å²) < 4.78 is 11.3. The van der Waals surface area contributed by atoms with Gasteiger partial charge < -0.3 is 19.7 Å². The van der Waals surface area contributed by atoms with Crippen LogP contribution in [-0.2, 0) is 16.1 Å². The Bertz CT molecular complexity index is 813. The third kappa shape index (κ3) is 6.61. The molecular weight excluding hydrogens is 390 g/mol. The fourth-order valence-corrected chi connectivity index (χ4v) is 3.44. The third-order valence-electron chi connectivity index (χ3n) is 4.81. The highest BCUT2D eigenvalue weighted by Gasteiger charge is 2.17. The Hall–Kier alpha value is -2.31. The fraction of sp³-hybridized carbons (Fsp3) is 0.455. The minimum absolute atomic E-state index is 0.00695. The molecule has 2 aromatic rings. The molecule has 29 heavy (non-hydrogen) atoms. The van der Waals surface area contributed by atoms with Gasteiger partial charge in [0.1, 0.15) is 11.6 Å². The predicted molar refractivity (Wildman–Crippen MR) is 115 cm³/mol. The van der Waals surface area contributed by atoms with Crippen molar-refractivity contribution in [2.75, 3.05) is 31.2 Å². The van der Waals surface area contributed by atoms with Crippen molar-refractivity contribution < 1.29 is 14.3 Å². The summed E-state index contributed by atoms with van der Waals surface area (Å²) >= 11 is 5.94. The Labute approximate surface area is 177 Å². The maximum absolute atomic E-state index is 12.1. The lowest BCUT2D eigenvalue weighted by atomic mass is 10.2. The average molecular weight is 418 g/mol. The number of nitrogens with zero attached hydrogens (tertiary/aromatic N) is 2. The quantitative estimate of drug-likeness (QED) is 0.663. The lowest BCUT2D eigenvalue weighted by molar-refractivity contribution is -0.121. The van der Waals surface area contributed by atoms with Crippen molar-refractivity contribution in [2.45, 2.75) is 39.3 Å². The van der Waals surface area contributed by atoms with E-state index in [0.29, 0.717) is 31.0 Å². The van der Waals surface area contributed by atoms with Crippen LogP contribution in [0.2, 0.25) is 5.02 Å². The molecule has 156 valence electrons. The zero-order valence-corrected chi connectivity index (χ0v) is 17.7. The first kappa shape index (κ1) is 21.4. The van der Waals surface area contributed by atoms with Crippen molar-refractivity contribution in [1.29, 1.82) is 0 Å². The van der Waals surface area contributed by atoms with Gasteiger partial charge in [0.25, 0.3) is 0 Å². The summed E-state index contributed by atoms with van der Waals surface area (Å²) in [6.45, 7) is 7.41. The van der Waals surface area contributed by atoms with Crippen LogP contribution in [0.3, 0.4) is 0 Å². The van der Waals surface area contributed by atoms with Gasteiger partial charge in [0.15, 0.2) is 0 Å². The molecule has 1 aliphatic rings. The van der Waals surface area contributed by atoms with Crippen molar-refractivity contribution in [3.05, 3.63) is 52.7 Å². The minimum Gasteiger partial charge on any atom is -0.493 e. The van der Waals surface area contributed by atoms with Crippen LogP contribution in [0.25, 0.3) is 0 Å². The summed E-state index contributed by atoms with van der Waals surface area (Å²) in [6.07, 6.45) is 3.11. The molecule has 0 saturated carbocycles. The minimum atomic E-state index is 0.00695. The zero-order chi connectivity index (χ0) is 20.6. The van der Waals surface area contributed by atoms with Crippen LogP contribution in [0.4, 0.5) is 5.82 Å². The SMILES string of the molecule is Cc1cc(Cl)ccc1OCCCC(=O)NCc1ccc(N2CCO[C@H](C)C2)nc1. The van der Waals surface area contributed by atoms with Gasteiger partial charge in [-0.15, -0.1) is 0 Å². The number of benzene rings is 1. The van der Waals surface area contributed by atoms with Crippen molar-refractivity contribution in [2.24, 2.45) is 0 Å². The van der Waals surface area contributed by atoms with Crippen molar-refractivity contribution in [3.8, 4) is 5.75 Å². The number of carbonyl (C=O) groups is 1. The zero-order valence-electron chi connectivity index (χ0n) is 17.0. The van der Waals surface area contributed by atoms with Gasteiger partial charge >= 0.3 is 0 Å². The molecule has 2 heterocycles. The summed E-state index contributed by atoms with van der Waals surface area (Å²) in [7, 11) is 0. The second kappa shape index (κ2) is 10.5. The van der Waals surface area contributed by atoms with Gasteiger partial charge in [-0.25, -0.2) is 4.98 Å². The van der Waals surface area contributed by atoms with E-state index in [4.69, 9.17) is 21.1 Å². The van der Waals surface area contributed by atoms with Gasteiger partial charge in [0.2, 0.25) is 5.91 Å². The highest BCUT2D eigenvalue weighted by atomic mass is 35.5. The molecule has 0 aliphatic carbocycles. The summed E-state index contributed by atoms with van der Waals surface area (Å²) in [5.41, 5.74) is 1.97. The van der Waals surface area contributed by atoms with Crippen LogP contribution in [0.15, 0.2) is 36.5 Å². The van der Waals surface area contributed by atoms with Gasteiger partial charge in [-0.3, -0.25) is 4.79 Å². The van der Waals surface area contributed by atoms with E-state index in [0.717, 1.165) is 42.4 Å². The molecule has 1 aromatic carbocycles. The number of hydrogen-bond donors (Lipinski definition) is 1. The largest absolute Gasteiger partial charge is 0.493 e. The Morgan fingerprint density at radius 2 is 2.24 bits per heavy atom. The summed E-state index contributed by atoms with van der Waals surface area (Å²) in [5.74, 6) is 1.76. The first-order valence-corrected chi connectivity index (χ1v) is 10.4. The van der Waals surface area contributed by atoms with Crippen LogP contribution >= 0.6 is 11.6 Å². The molecule has 1 saturated heterocycles. The molecular formula is C22H28ClN3O3. The average Bonchev–Trinajstić information content (AvgIpc) is 2.71. The number of amides is 1. The standard InChI is InChI=1S/C22H28ClN3O3/c1-16-12-19(23)6-7-20(16)29-10-3-4-22(27)25-14-18-5-8-21(24-13-18)26-9-11-28-17(2)15-26/h5-8,12-13,17H,3-4,9-11,14-15H2,1-2H3,(H,25,27)/t17-/m1/s1. The number of morpholine rings is 1. The van der Waals surface area contributed by atoms with Gasteiger partial charge in [-0.2, -0.15) is 0 Å². The Kier molecular flexibility index (Phi) is 7.72. The molecule has 1 atom stereocenters. The molecule has 1 amide bonds. The molecule has 0 radical (unpaired) electrons. The van der Waals surface area contributed by atoms with Crippen LogP contribution in [0.5, 0.6) is 5.75 Å². The molecule has 1 aliphatic heterocycles. The maximum Gasteiger partial charge on any atom is 0.220 e. The number of carbonyl (C=O) groups excluding carboxylic acids is 1. The summed E-state index contributed by atoms with van der Waals surface area (Å²) in [4.78, 5) is 18.8. The van der Waals surface area contributed by atoms with Crippen molar-refractivity contribution in [3.63, 3.8) is 0 Å². The van der Waals surface area contributed by atoms with Crippen LogP contribution < -0.4 is 15.0 Å². The number of halogens is 1. The first-order valence-electron chi connectivity index (χ1n) is 9.98. The topological polar surface area (TPSA) is 63.7 Å².